The van der Waals surface area contributed by atoms with Gasteiger partial charge >= 0.3 is 6.03 Å². The molecule has 0 spiro atoms. The maximum absolute atomic E-state index is 14.2. The van der Waals surface area contributed by atoms with Gasteiger partial charge in [-0.3, -0.25) is 4.90 Å². The second kappa shape index (κ2) is 7.20. The van der Waals surface area contributed by atoms with Crippen LogP contribution in [0.15, 0.2) is 18.2 Å². The van der Waals surface area contributed by atoms with Crippen LogP contribution in [0.4, 0.5) is 14.9 Å². The summed E-state index contributed by atoms with van der Waals surface area (Å²) in [6.45, 7) is 4.51. The van der Waals surface area contributed by atoms with Gasteiger partial charge in [0, 0.05) is 25.3 Å². The Labute approximate surface area is 156 Å². The molecule has 1 N–H and O–H groups in total. The van der Waals surface area contributed by atoms with Gasteiger partial charge in [0.25, 0.3) is 0 Å². The number of tetrazole rings is 1. The van der Waals surface area contributed by atoms with Crippen LogP contribution in [0.5, 0.6) is 0 Å². The Hall–Kier alpha value is -2.59. The number of urea groups is 1. The van der Waals surface area contributed by atoms with E-state index in [0.29, 0.717) is 24.6 Å². The Morgan fingerprint density at radius 1 is 1.37 bits per heavy atom. The fourth-order valence-electron chi connectivity index (χ4n) is 3.64. The molecule has 2 atom stereocenters. The van der Waals surface area contributed by atoms with Gasteiger partial charge in [0.05, 0.1) is 18.8 Å². The molecule has 2 aliphatic heterocycles. The molecule has 2 saturated heterocycles. The molecule has 2 fully saturated rings. The lowest BCUT2D eigenvalue weighted by molar-refractivity contribution is -0.0875. The molecule has 144 valence electrons. The summed E-state index contributed by atoms with van der Waals surface area (Å²) in [6.07, 6.45) is 0.981. The number of benzene rings is 1. The van der Waals surface area contributed by atoms with Crippen LogP contribution in [0, 0.1) is 12.7 Å². The molecule has 0 bridgehead atoms. The normalized spacial score (nSPS) is 23.1. The molecule has 1 aromatic heterocycles. The van der Waals surface area contributed by atoms with Crippen molar-refractivity contribution in [3.8, 4) is 5.69 Å². The van der Waals surface area contributed by atoms with Crippen LogP contribution in [0.3, 0.4) is 0 Å². The zero-order valence-corrected chi connectivity index (χ0v) is 15.3. The van der Waals surface area contributed by atoms with Crippen molar-refractivity contribution in [2.24, 2.45) is 0 Å². The van der Waals surface area contributed by atoms with Gasteiger partial charge in [0.1, 0.15) is 11.5 Å². The van der Waals surface area contributed by atoms with Gasteiger partial charge in [0.2, 0.25) is 0 Å². The van der Waals surface area contributed by atoms with E-state index in [0.717, 1.165) is 19.6 Å². The average molecular weight is 375 g/mol. The molecule has 3 heterocycles. The monoisotopic (exact) mass is 375 g/mol. The van der Waals surface area contributed by atoms with Gasteiger partial charge < -0.3 is 15.0 Å². The second-order valence-electron chi connectivity index (χ2n) is 6.93. The van der Waals surface area contributed by atoms with Crippen LogP contribution in [-0.2, 0) is 4.74 Å². The molecule has 0 aliphatic carbocycles. The molecule has 2 aromatic rings. The maximum Gasteiger partial charge on any atom is 0.321 e. The fourth-order valence-corrected chi connectivity index (χ4v) is 3.64. The molecule has 27 heavy (non-hydrogen) atoms. The largest absolute Gasteiger partial charge is 0.375 e. The zero-order chi connectivity index (χ0) is 19.0. The number of fused-ring (bicyclic) bond motifs is 1. The van der Waals surface area contributed by atoms with E-state index in [1.807, 2.05) is 0 Å². The number of morpholine rings is 1. The maximum atomic E-state index is 14.2. The van der Waals surface area contributed by atoms with Crippen molar-refractivity contribution >= 4 is 11.7 Å². The van der Waals surface area contributed by atoms with Crippen molar-refractivity contribution in [2.75, 3.05) is 38.6 Å². The first-order valence-electron chi connectivity index (χ1n) is 8.95. The third-order valence-corrected chi connectivity index (χ3v) is 5.20. The summed E-state index contributed by atoms with van der Waals surface area (Å²) in [6, 6.07) is 4.34. The van der Waals surface area contributed by atoms with Gasteiger partial charge in [-0.2, -0.15) is 4.68 Å². The first-order chi connectivity index (χ1) is 13.0. The minimum absolute atomic E-state index is 0.174. The SMILES string of the molecule is Cc1nnnn1-c1cc(NC(=O)N2CC[C@@H]3OCCN(C)[C@@H]3C2)ccc1F. The molecule has 2 amide bonds. The molecule has 0 unspecified atom stereocenters. The molecular weight excluding hydrogens is 353 g/mol. The van der Waals surface area contributed by atoms with Crippen LogP contribution in [0.25, 0.3) is 5.69 Å². The predicted molar refractivity (Wildman–Crippen MR) is 95.2 cm³/mol. The summed E-state index contributed by atoms with van der Waals surface area (Å²) in [4.78, 5) is 16.7. The number of carbonyl (C=O) groups is 1. The summed E-state index contributed by atoms with van der Waals surface area (Å²) in [7, 11) is 2.06. The van der Waals surface area contributed by atoms with Gasteiger partial charge in [-0.25, -0.2) is 9.18 Å². The summed E-state index contributed by atoms with van der Waals surface area (Å²) in [5, 5.41) is 13.9. The third-order valence-electron chi connectivity index (χ3n) is 5.20. The molecule has 0 saturated carbocycles. The number of nitrogens with zero attached hydrogens (tertiary/aromatic N) is 6. The lowest BCUT2D eigenvalue weighted by atomic mass is 9.99. The van der Waals surface area contributed by atoms with Crippen LogP contribution in [0.1, 0.15) is 12.2 Å². The van der Waals surface area contributed by atoms with E-state index >= 15 is 0 Å². The van der Waals surface area contributed by atoms with E-state index in [4.69, 9.17) is 4.74 Å². The summed E-state index contributed by atoms with van der Waals surface area (Å²) in [5.41, 5.74) is 0.677. The number of aromatic nitrogens is 4. The van der Waals surface area contributed by atoms with Crippen LogP contribution in [-0.4, -0.2) is 81.5 Å². The minimum atomic E-state index is -0.467. The van der Waals surface area contributed by atoms with Crippen LogP contribution in [0.2, 0.25) is 0 Å². The third kappa shape index (κ3) is 3.50. The first kappa shape index (κ1) is 17.8. The number of anilines is 1. The Kier molecular flexibility index (Phi) is 4.75. The molecule has 0 radical (unpaired) electrons. The smallest absolute Gasteiger partial charge is 0.321 e. The van der Waals surface area contributed by atoms with Gasteiger partial charge in [-0.1, -0.05) is 0 Å². The van der Waals surface area contributed by atoms with Crippen LogP contribution < -0.4 is 5.32 Å². The van der Waals surface area contributed by atoms with E-state index in [-0.39, 0.29) is 23.9 Å². The molecule has 2 aliphatic rings. The zero-order valence-electron chi connectivity index (χ0n) is 15.3. The van der Waals surface area contributed by atoms with Gasteiger partial charge in [-0.05, 0) is 49.0 Å². The second-order valence-corrected chi connectivity index (χ2v) is 6.93. The Morgan fingerprint density at radius 2 is 2.22 bits per heavy atom. The van der Waals surface area contributed by atoms with Crippen molar-refractivity contribution in [3.63, 3.8) is 0 Å². The van der Waals surface area contributed by atoms with E-state index < -0.39 is 5.82 Å². The Bertz CT molecular complexity index is 842. The van der Waals surface area contributed by atoms with Crippen molar-refractivity contribution in [1.82, 2.24) is 30.0 Å². The summed E-state index contributed by atoms with van der Waals surface area (Å²) in [5.74, 6) is -0.00928. The topological polar surface area (TPSA) is 88.4 Å². The highest BCUT2D eigenvalue weighted by Gasteiger charge is 2.36. The van der Waals surface area contributed by atoms with E-state index in [1.54, 1.807) is 11.8 Å². The number of hydrogen-bond acceptors (Lipinski definition) is 6. The highest BCUT2D eigenvalue weighted by molar-refractivity contribution is 5.89. The summed E-state index contributed by atoms with van der Waals surface area (Å²) < 4.78 is 21.3. The quantitative estimate of drug-likeness (QED) is 0.844. The lowest BCUT2D eigenvalue weighted by Gasteiger charge is -2.45. The number of aryl methyl sites for hydroxylation is 1. The molecular formula is C17H22FN7O2. The highest BCUT2D eigenvalue weighted by atomic mass is 19.1. The number of carbonyl (C=O) groups excluding carboxylic acids is 1. The number of amides is 2. The number of hydrogen-bond donors (Lipinski definition) is 1. The van der Waals surface area contributed by atoms with Gasteiger partial charge in [0.15, 0.2) is 5.82 Å². The van der Waals surface area contributed by atoms with E-state index in [1.165, 1.54) is 22.9 Å². The average Bonchev–Trinajstić information content (AvgIpc) is 3.09. The molecule has 4 rings (SSSR count). The van der Waals surface area contributed by atoms with E-state index in [2.05, 4.69) is 32.8 Å². The van der Waals surface area contributed by atoms with Crippen molar-refractivity contribution in [3.05, 3.63) is 29.8 Å². The van der Waals surface area contributed by atoms with E-state index in [9.17, 15) is 9.18 Å². The van der Waals surface area contributed by atoms with Crippen molar-refractivity contribution in [1.29, 1.82) is 0 Å². The van der Waals surface area contributed by atoms with Gasteiger partial charge in [-0.15, -0.1) is 5.10 Å². The number of likely N-dealkylation sites (N-methyl/N-ethyl adjacent to an activating group) is 1. The Balaban J connectivity index is 1.48. The number of ether oxygens (including phenoxy) is 1. The number of rotatable bonds is 2. The number of nitrogens with one attached hydrogen (secondary N) is 1. The molecule has 1 aromatic carbocycles. The standard InChI is InChI=1S/C17H22FN7O2/c1-11-20-21-22-25(11)14-9-12(3-4-13(14)18)19-17(26)24-6-5-16-15(10-24)23(2)7-8-27-16/h3-4,9,15-16H,5-8,10H2,1-2H3,(H,19,26)/t15-,16+/m1/s1. The summed E-state index contributed by atoms with van der Waals surface area (Å²) >= 11 is 0. The van der Waals surface area contributed by atoms with Crippen molar-refractivity contribution < 1.29 is 13.9 Å². The molecule has 10 heteroatoms. The van der Waals surface area contributed by atoms with Crippen molar-refractivity contribution in [2.45, 2.75) is 25.5 Å². The van der Waals surface area contributed by atoms with Crippen LogP contribution >= 0.6 is 0 Å². The highest BCUT2D eigenvalue weighted by Crippen LogP contribution is 2.23. The number of likely N-dealkylation sites (tertiary alicyclic amines) is 1. The Morgan fingerprint density at radius 3 is 3.00 bits per heavy atom. The predicted octanol–water partition coefficient (Wildman–Crippen LogP) is 1.05. The first-order valence-corrected chi connectivity index (χ1v) is 8.95. The minimum Gasteiger partial charge on any atom is -0.375 e. The lowest BCUT2D eigenvalue weighted by Crippen LogP contribution is -2.60. The number of halogens is 1. The fraction of sp³-hybridized carbons (Fsp3) is 0.529. The molecule has 9 nitrogen and oxygen atoms in total. The number of piperidine rings is 1.